The van der Waals surface area contributed by atoms with E-state index in [1.807, 2.05) is 9.42 Å². The fourth-order valence-electron chi connectivity index (χ4n) is 5.96. The molecule has 5 rings (SSSR count). The summed E-state index contributed by atoms with van der Waals surface area (Å²) in [7, 11) is 0. The van der Waals surface area contributed by atoms with E-state index in [0.29, 0.717) is 45.6 Å². The molecular weight excluding hydrogens is 499 g/mol. The number of amides is 1. The van der Waals surface area contributed by atoms with Crippen LogP contribution in [-0.2, 0) is 9.53 Å². The molecule has 0 radical (unpaired) electrons. The smallest absolute Gasteiger partial charge is 0.391 e. The van der Waals surface area contributed by atoms with E-state index in [0.717, 1.165) is 48.0 Å². The number of hydrogen-bond donors (Lipinski definition) is 2. The Morgan fingerprint density at radius 3 is 2.61 bits per heavy atom. The monoisotopic (exact) mass is 535 g/mol. The maximum absolute atomic E-state index is 13.0. The highest BCUT2D eigenvalue weighted by molar-refractivity contribution is 5.83. The zero-order chi connectivity index (χ0) is 26.9. The molecule has 1 saturated carbocycles. The van der Waals surface area contributed by atoms with Crippen molar-refractivity contribution < 1.29 is 27.8 Å². The second kappa shape index (κ2) is 11.2. The van der Waals surface area contributed by atoms with Crippen LogP contribution in [0.5, 0.6) is 0 Å². The van der Waals surface area contributed by atoms with Gasteiger partial charge in [0.2, 0.25) is 11.9 Å². The van der Waals surface area contributed by atoms with Crippen LogP contribution in [0.25, 0.3) is 11.1 Å². The van der Waals surface area contributed by atoms with Crippen LogP contribution in [0.4, 0.5) is 19.1 Å². The number of fused-ring (bicyclic) bond motifs is 1. The van der Waals surface area contributed by atoms with Crippen LogP contribution in [0.2, 0.25) is 0 Å². The van der Waals surface area contributed by atoms with Gasteiger partial charge in [-0.25, -0.2) is 9.50 Å². The molecule has 2 N–H and O–H groups in total. The normalized spacial score (nSPS) is 25.8. The highest BCUT2D eigenvalue weighted by Crippen LogP contribution is 2.39. The van der Waals surface area contributed by atoms with Crippen molar-refractivity contribution in [2.45, 2.75) is 82.5 Å². The summed E-state index contributed by atoms with van der Waals surface area (Å²) in [5, 5.41) is 17.4. The van der Waals surface area contributed by atoms with Crippen molar-refractivity contribution in [3.05, 3.63) is 29.6 Å². The van der Waals surface area contributed by atoms with Gasteiger partial charge in [0.25, 0.3) is 0 Å². The van der Waals surface area contributed by atoms with E-state index >= 15 is 0 Å². The molecule has 0 unspecified atom stereocenters. The Hall–Kier alpha value is -2.66. The summed E-state index contributed by atoms with van der Waals surface area (Å²) in [6, 6.07) is 1.27. The second-order valence-electron chi connectivity index (χ2n) is 10.9. The quantitative estimate of drug-likeness (QED) is 0.564. The average Bonchev–Trinajstić information content (AvgIpc) is 3.27. The van der Waals surface area contributed by atoms with Crippen LogP contribution in [-0.4, -0.2) is 75.1 Å². The molecule has 2 atom stereocenters. The highest BCUT2D eigenvalue weighted by atomic mass is 19.4. The molecule has 208 valence electrons. The maximum Gasteiger partial charge on any atom is 0.391 e. The number of aliphatic hydroxyl groups excluding tert-OH is 1. The number of anilines is 1. The fraction of sp³-hybridized carbons (Fsp3) is 0.667. The Kier molecular flexibility index (Phi) is 7.95. The molecule has 0 bridgehead atoms. The molecule has 3 aliphatic rings. The van der Waals surface area contributed by atoms with Gasteiger partial charge in [0, 0.05) is 42.2 Å². The number of hydrogen-bond acceptors (Lipinski definition) is 6. The predicted molar refractivity (Wildman–Crippen MR) is 137 cm³/mol. The molecule has 38 heavy (non-hydrogen) atoms. The summed E-state index contributed by atoms with van der Waals surface area (Å²) in [5.74, 6) is 0.503. The summed E-state index contributed by atoms with van der Waals surface area (Å²) in [6.07, 6.45) is 3.52. The van der Waals surface area contributed by atoms with Gasteiger partial charge in [0.1, 0.15) is 0 Å². The Bertz CT molecular complexity index is 1170. The molecule has 2 aliphatic carbocycles. The van der Waals surface area contributed by atoms with Crippen molar-refractivity contribution in [2.24, 2.45) is 5.92 Å². The van der Waals surface area contributed by atoms with Gasteiger partial charge in [0.15, 0.2) is 0 Å². The molecular formula is C27H36F3N5O3. The van der Waals surface area contributed by atoms with Crippen LogP contribution in [0.15, 0.2) is 18.3 Å². The van der Waals surface area contributed by atoms with Gasteiger partial charge in [-0.05, 0) is 63.5 Å². The highest BCUT2D eigenvalue weighted by Gasteiger charge is 2.32. The SMILES string of the molecule is C[C@@H](CC(F)(F)F)Nc1ncc2c(C3=CC[C@@H](C(=O)N4CCOCC4)CC3)cc(C3CCC(O)CC3)n2n1. The molecule has 11 heteroatoms. The lowest BCUT2D eigenvalue weighted by Crippen LogP contribution is -2.44. The van der Waals surface area contributed by atoms with E-state index in [2.05, 4.69) is 27.5 Å². The Labute approximate surface area is 220 Å². The standard InChI is InChI=1S/C27H36F3N5O3/c1-17(15-27(28,29)30)32-26-31-16-24-22(14-23(35(24)33-26)19-6-8-21(36)9-7-19)18-2-4-20(5-3-18)25(37)34-10-12-38-13-11-34/h2,14,16-17,19-21,36H,3-13,15H2,1H3,(H,32,33)/t17-,19?,20+,21?/m0/s1. The molecule has 8 nitrogen and oxygen atoms in total. The number of halogens is 3. The fourth-order valence-corrected chi connectivity index (χ4v) is 5.96. The minimum Gasteiger partial charge on any atom is -0.393 e. The van der Waals surface area contributed by atoms with Crippen LogP contribution in [0.1, 0.15) is 75.5 Å². The zero-order valence-electron chi connectivity index (χ0n) is 21.7. The molecule has 0 spiro atoms. The Morgan fingerprint density at radius 1 is 1.21 bits per heavy atom. The van der Waals surface area contributed by atoms with E-state index in [4.69, 9.17) is 4.74 Å². The topological polar surface area (TPSA) is 92.0 Å². The molecule has 1 aliphatic heterocycles. The van der Waals surface area contributed by atoms with Gasteiger partial charge in [-0.15, -0.1) is 5.10 Å². The summed E-state index contributed by atoms with van der Waals surface area (Å²) >= 11 is 0. The number of aliphatic hydroxyl groups is 1. The number of allylic oxidation sites excluding steroid dienone is 2. The maximum atomic E-state index is 13.0. The van der Waals surface area contributed by atoms with Crippen LogP contribution >= 0.6 is 0 Å². The van der Waals surface area contributed by atoms with E-state index in [1.165, 1.54) is 6.92 Å². The summed E-state index contributed by atoms with van der Waals surface area (Å²) in [4.78, 5) is 19.2. The lowest BCUT2D eigenvalue weighted by molar-refractivity contribution is -0.140. The third-order valence-electron chi connectivity index (χ3n) is 8.00. The van der Waals surface area contributed by atoms with Gasteiger partial charge in [0.05, 0.1) is 37.5 Å². The van der Waals surface area contributed by atoms with Crippen LogP contribution < -0.4 is 5.32 Å². The first-order valence-electron chi connectivity index (χ1n) is 13.6. The molecule has 2 fully saturated rings. The first kappa shape index (κ1) is 26.9. The Morgan fingerprint density at radius 2 is 1.95 bits per heavy atom. The lowest BCUT2D eigenvalue weighted by atomic mass is 9.84. The number of carbonyl (C=O) groups excluding carboxylic acids is 1. The van der Waals surface area contributed by atoms with E-state index < -0.39 is 18.6 Å². The molecule has 1 saturated heterocycles. The number of ether oxygens (including phenoxy) is 1. The van der Waals surface area contributed by atoms with Crippen molar-refractivity contribution in [1.29, 1.82) is 0 Å². The second-order valence-corrected chi connectivity index (χ2v) is 10.9. The zero-order valence-corrected chi connectivity index (χ0v) is 21.7. The van der Waals surface area contributed by atoms with Crippen molar-refractivity contribution >= 4 is 22.9 Å². The molecule has 0 aromatic carbocycles. The van der Waals surface area contributed by atoms with E-state index in [1.54, 1.807) is 6.20 Å². The first-order valence-corrected chi connectivity index (χ1v) is 13.6. The van der Waals surface area contributed by atoms with Crippen molar-refractivity contribution in [2.75, 3.05) is 31.6 Å². The number of nitrogens with zero attached hydrogens (tertiary/aromatic N) is 4. The van der Waals surface area contributed by atoms with Crippen molar-refractivity contribution in [3.63, 3.8) is 0 Å². The van der Waals surface area contributed by atoms with Gasteiger partial charge in [-0.2, -0.15) is 13.2 Å². The number of nitrogens with one attached hydrogen (secondary N) is 1. The van der Waals surface area contributed by atoms with Crippen LogP contribution in [0, 0.1) is 5.92 Å². The molecule has 2 aromatic rings. The van der Waals surface area contributed by atoms with Gasteiger partial charge in [-0.3, -0.25) is 4.79 Å². The van der Waals surface area contributed by atoms with Gasteiger partial charge in [-0.1, -0.05) is 6.08 Å². The third kappa shape index (κ3) is 6.14. The number of aromatic nitrogens is 3. The molecule has 3 heterocycles. The predicted octanol–water partition coefficient (Wildman–Crippen LogP) is 4.54. The first-order chi connectivity index (χ1) is 18.2. The summed E-state index contributed by atoms with van der Waals surface area (Å²) in [6.45, 7) is 3.93. The number of alkyl halides is 3. The summed E-state index contributed by atoms with van der Waals surface area (Å²) < 4.78 is 45.7. The minimum absolute atomic E-state index is 0.0350. The summed E-state index contributed by atoms with van der Waals surface area (Å²) in [5.41, 5.74) is 3.95. The lowest BCUT2D eigenvalue weighted by Gasteiger charge is -2.31. The number of carbonyl (C=O) groups is 1. The van der Waals surface area contributed by atoms with Gasteiger partial charge >= 0.3 is 6.18 Å². The minimum atomic E-state index is -4.28. The third-order valence-corrected chi connectivity index (χ3v) is 8.00. The van der Waals surface area contributed by atoms with Crippen molar-refractivity contribution in [1.82, 2.24) is 19.5 Å². The number of rotatable bonds is 6. The number of morpholine rings is 1. The van der Waals surface area contributed by atoms with E-state index in [-0.39, 0.29) is 29.8 Å². The van der Waals surface area contributed by atoms with Crippen molar-refractivity contribution in [3.8, 4) is 0 Å². The largest absolute Gasteiger partial charge is 0.393 e. The average molecular weight is 536 g/mol. The van der Waals surface area contributed by atoms with Gasteiger partial charge < -0.3 is 20.1 Å². The van der Waals surface area contributed by atoms with Crippen LogP contribution in [0.3, 0.4) is 0 Å². The van der Waals surface area contributed by atoms with E-state index in [9.17, 15) is 23.1 Å². The Balaban J connectivity index is 1.40. The molecule has 1 amide bonds. The molecule has 2 aromatic heterocycles.